The SMILES string of the molecule is CN1CCN(C2CCCNC2)CC1.Cl.Cl.Cl. The molecule has 2 aliphatic rings. The second kappa shape index (κ2) is 9.75. The molecule has 100 valence electrons. The number of piperazine rings is 1. The van der Waals surface area contributed by atoms with Gasteiger partial charge in [0.25, 0.3) is 0 Å². The molecule has 0 amide bonds. The number of hydrogen-bond donors (Lipinski definition) is 1. The summed E-state index contributed by atoms with van der Waals surface area (Å²) in [5.74, 6) is 0. The molecule has 1 unspecified atom stereocenters. The molecular weight excluding hydrogens is 268 g/mol. The summed E-state index contributed by atoms with van der Waals surface area (Å²) in [7, 11) is 2.22. The molecule has 2 fully saturated rings. The van der Waals surface area contributed by atoms with Gasteiger partial charge in [0, 0.05) is 38.8 Å². The molecule has 0 saturated carbocycles. The first-order valence-corrected chi connectivity index (χ1v) is 5.49. The Bertz CT molecular complexity index is 157. The van der Waals surface area contributed by atoms with Crippen molar-refractivity contribution in [2.75, 3.05) is 46.3 Å². The molecule has 6 heteroatoms. The third kappa shape index (κ3) is 5.39. The van der Waals surface area contributed by atoms with Gasteiger partial charge in [0.05, 0.1) is 0 Å². The average Bonchev–Trinajstić information content (AvgIpc) is 2.20. The van der Waals surface area contributed by atoms with E-state index in [0.717, 1.165) is 6.04 Å². The lowest BCUT2D eigenvalue weighted by Crippen LogP contribution is -2.53. The average molecular weight is 293 g/mol. The first-order valence-electron chi connectivity index (χ1n) is 5.49. The van der Waals surface area contributed by atoms with Crippen LogP contribution in [0.4, 0.5) is 0 Å². The fourth-order valence-electron chi connectivity index (χ4n) is 2.33. The van der Waals surface area contributed by atoms with Gasteiger partial charge in [-0.2, -0.15) is 0 Å². The van der Waals surface area contributed by atoms with E-state index in [1.54, 1.807) is 0 Å². The van der Waals surface area contributed by atoms with E-state index in [2.05, 4.69) is 22.2 Å². The van der Waals surface area contributed by atoms with Crippen LogP contribution in [0, 0.1) is 0 Å². The molecule has 1 atom stereocenters. The number of rotatable bonds is 1. The Balaban J connectivity index is 0. The molecule has 2 rings (SSSR count). The van der Waals surface area contributed by atoms with Crippen molar-refractivity contribution in [2.24, 2.45) is 0 Å². The van der Waals surface area contributed by atoms with Crippen molar-refractivity contribution in [1.82, 2.24) is 15.1 Å². The molecular formula is C10H24Cl3N3. The molecule has 0 bridgehead atoms. The Morgan fingerprint density at radius 1 is 1.00 bits per heavy atom. The Hall–Kier alpha value is 0.750. The maximum Gasteiger partial charge on any atom is 0.0222 e. The second-order valence-electron chi connectivity index (χ2n) is 4.34. The molecule has 1 N–H and O–H groups in total. The van der Waals surface area contributed by atoms with Crippen LogP contribution < -0.4 is 5.32 Å². The molecule has 0 aromatic carbocycles. The summed E-state index contributed by atoms with van der Waals surface area (Å²) in [6, 6.07) is 0.822. The number of piperidine rings is 1. The zero-order valence-electron chi connectivity index (χ0n) is 9.85. The van der Waals surface area contributed by atoms with E-state index in [9.17, 15) is 0 Å². The minimum Gasteiger partial charge on any atom is -0.315 e. The normalized spacial score (nSPS) is 27.2. The molecule has 2 saturated heterocycles. The van der Waals surface area contributed by atoms with Crippen molar-refractivity contribution >= 4 is 37.2 Å². The van der Waals surface area contributed by atoms with E-state index in [0.29, 0.717) is 0 Å². The van der Waals surface area contributed by atoms with Gasteiger partial charge in [-0.25, -0.2) is 0 Å². The molecule has 0 aliphatic carbocycles. The quantitative estimate of drug-likeness (QED) is 0.785. The summed E-state index contributed by atoms with van der Waals surface area (Å²) in [5, 5.41) is 3.49. The van der Waals surface area contributed by atoms with Gasteiger partial charge in [0.2, 0.25) is 0 Å². The maximum absolute atomic E-state index is 3.49. The third-order valence-electron chi connectivity index (χ3n) is 3.33. The van der Waals surface area contributed by atoms with E-state index >= 15 is 0 Å². The van der Waals surface area contributed by atoms with Crippen molar-refractivity contribution in [3.63, 3.8) is 0 Å². The minimum atomic E-state index is 0. The van der Waals surface area contributed by atoms with Crippen LogP contribution in [0.5, 0.6) is 0 Å². The minimum absolute atomic E-state index is 0. The van der Waals surface area contributed by atoms with E-state index in [-0.39, 0.29) is 37.2 Å². The number of likely N-dealkylation sites (N-methyl/N-ethyl adjacent to an activating group) is 1. The van der Waals surface area contributed by atoms with Gasteiger partial charge in [-0.15, -0.1) is 37.2 Å². The Kier molecular flexibility index (Phi) is 11.6. The zero-order valence-corrected chi connectivity index (χ0v) is 12.3. The molecule has 2 aliphatic heterocycles. The van der Waals surface area contributed by atoms with Crippen LogP contribution in [0.15, 0.2) is 0 Å². The van der Waals surface area contributed by atoms with Crippen LogP contribution in [0.2, 0.25) is 0 Å². The number of halogens is 3. The summed E-state index contributed by atoms with van der Waals surface area (Å²) in [6.45, 7) is 7.46. The smallest absolute Gasteiger partial charge is 0.0222 e. The number of nitrogens with one attached hydrogen (secondary N) is 1. The predicted octanol–water partition coefficient (Wildman–Crippen LogP) is 1.25. The van der Waals surface area contributed by atoms with Gasteiger partial charge in [-0.1, -0.05) is 0 Å². The summed E-state index contributed by atoms with van der Waals surface area (Å²) >= 11 is 0. The largest absolute Gasteiger partial charge is 0.315 e. The van der Waals surface area contributed by atoms with Crippen LogP contribution in [0.25, 0.3) is 0 Å². The first kappa shape index (κ1) is 19.1. The molecule has 0 aromatic heterocycles. The van der Waals surface area contributed by atoms with Gasteiger partial charge in [-0.3, -0.25) is 4.90 Å². The fourth-order valence-corrected chi connectivity index (χ4v) is 2.33. The lowest BCUT2D eigenvalue weighted by Gasteiger charge is -2.39. The second-order valence-corrected chi connectivity index (χ2v) is 4.34. The van der Waals surface area contributed by atoms with Crippen molar-refractivity contribution in [3.05, 3.63) is 0 Å². The van der Waals surface area contributed by atoms with Crippen LogP contribution in [0.1, 0.15) is 12.8 Å². The fraction of sp³-hybridized carbons (Fsp3) is 1.00. The van der Waals surface area contributed by atoms with Gasteiger partial charge in [0.1, 0.15) is 0 Å². The highest BCUT2D eigenvalue weighted by Gasteiger charge is 2.23. The topological polar surface area (TPSA) is 18.5 Å². The standard InChI is InChI=1S/C10H21N3.3ClH/c1-12-5-7-13(8-6-12)10-3-2-4-11-9-10;;;/h10-11H,2-9H2,1H3;3*1H. The number of hydrogen-bond acceptors (Lipinski definition) is 3. The van der Waals surface area contributed by atoms with E-state index in [4.69, 9.17) is 0 Å². The molecule has 16 heavy (non-hydrogen) atoms. The highest BCUT2D eigenvalue weighted by Crippen LogP contribution is 2.12. The Labute approximate surface area is 118 Å². The van der Waals surface area contributed by atoms with Gasteiger partial charge >= 0.3 is 0 Å². The predicted molar refractivity (Wildman–Crippen MR) is 76.7 cm³/mol. The van der Waals surface area contributed by atoms with Gasteiger partial charge in [0.15, 0.2) is 0 Å². The lowest BCUT2D eigenvalue weighted by molar-refractivity contribution is 0.0974. The van der Waals surface area contributed by atoms with E-state index in [1.165, 1.54) is 52.1 Å². The monoisotopic (exact) mass is 291 g/mol. The van der Waals surface area contributed by atoms with E-state index < -0.39 is 0 Å². The Morgan fingerprint density at radius 2 is 1.62 bits per heavy atom. The molecule has 2 heterocycles. The zero-order chi connectivity index (χ0) is 9.10. The molecule has 0 radical (unpaired) electrons. The lowest BCUT2D eigenvalue weighted by atomic mass is 10.1. The molecule has 3 nitrogen and oxygen atoms in total. The van der Waals surface area contributed by atoms with Gasteiger partial charge in [-0.05, 0) is 26.4 Å². The Morgan fingerprint density at radius 3 is 2.12 bits per heavy atom. The van der Waals surface area contributed by atoms with Crippen LogP contribution in [0.3, 0.4) is 0 Å². The molecule has 0 spiro atoms. The highest BCUT2D eigenvalue weighted by atomic mass is 35.5. The van der Waals surface area contributed by atoms with Gasteiger partial charge < -0.3 is 10.2 Å². The van der Waals surface area contributed by atoms with Crippen LogP contribution in [-0.2, 0) is 0 Å². The summed E-state index contributed by atoms with van der Waals surface area (Å²) in [5.41, 5.74) is 0. The van der Waals surface area contributed by atoms with E-state index in [1.807, 2.05) is 0 Å². The van der Waals surface area contributed by atoms with Crippen molar-refractivity contribution in [3.8, 4) is 0 Å². The highest BCUT2D eigenvalue weighted by molar-refractivity contribution is 5.86. The summed E-state index contributed by atoms with van der Waals surface area (Å²) < 4.78 is 0. The van der Waals surface area contributed by atoms with Crippen LogP contribution in [-0.4, -0.2) is 62.2 Å². The van der Waals surface area contributed by atoms with Crippen molar-refractivity contribution in [2.45, 2.75) is 18.9 Å². The molecule has 0 aromatic rings. The van der Waals surface area contributed by atoms with Crippen molar-refractivity contribution in [1.29, 1.82) is 0 Å². The summed E-state index contributed by atoms with van der Waals surface area (Å²) in [6.07, 6.45) is 2.76. The third-order valence-corrected chi connectivity index (χ3v) is 3.33. The summed E-state index contributed by atoms with van der Waals surface area (Å²) in [4.78, 5) is 5.08. The first-order chi connectivity index (χ1) is 6.36. The number of nitrogens with zero attached hydrogens (tertiary/aromatic N) is 2. The maximum atomic E-state index is 3.49. The van der Waals surface area contributed by atoms with Crippen LogP contribution >= 0.6 is 37.2 Å². The van der Waals surface area contributed by atoms with Crippen molar-refractivity contribution < 1.29 is 0 Å².